The molecule has 3 nitrogen and oxygen atoms in total. The molecule has 15 heavy (non-hydrogen) atoms. The number of nitrogens with zero attached hydrogens (tertiary/aromatic N) is 1. The molecule has 2 rings (SSSR count). The number of ether oxygens (including phenoxy) is 1. The standard InChI is InChI=1S/C11H18BrNO2/c1-2-15-9-6-8(7-9)13-5-3-4-10(12)11(13)14/h8-10H,2-7H2,1H3. The van der Waals surface area contributed by atoms with Gasteiger partial charge in [-0.05, 0) is 32.6 Å². The van der Waals surface area contributed by atoms with Gasteiger partial charge in [0.15, 0.2) is 0 Å². The van der Waals surface area contributed by atoms with Gasteiger partial charge in [-0.1, -0.05) is 15.9 Å². The van der Waals surface area contributed by atoms with E-state index < -0.39 is 0 Å². The molecule has 1 amide bonds. The number of likely N-dealkylation sites (tertiary alicyclic amines) is 1. The largest absolute Gasteiger partial charge is 0.378 e. The van der Waals surface area contributed by atoms with E-state index in [1.807, 2.05) is 11.8 Å². The van der Waals surface area contributed by atoms with Gasteiger partial charge >= 0.3 is 0 Å². The smallest absolute Gasteiger partial charge is 0.236 e. The maximum absolute atomic E-state index is 11.9. The molecular formula is C11H18BrNO2. The van der Waals surface area contributed by atoms with Gasteiger partial charge in [-0.25, -0.2) is 0 Å². The zero-order chi connectivity index (χ0) is 10.8. The highest BCUT2D eigenvalue weighted by atomic mass is 79.9. The summed E-state index contributed by atoms with van der Waals surface area (Å²) in [7, 11) is 0. The van der Waals surface area contributed by atoms with Gasteiger partial charge in [-0.3, -0.25) is 4.79 Å². The fourth-order valence-corrected chi connectivity index (χ4v) is 2.97. The SMILES string of the molecule is CCOC1CC(N2CCCC(Br)C2=O)C1. The van der Waals surface area contributed by atoms with Gasteiger partial charge in [0.25, 0.3) is 0 Å². The fraction of sp³-hybridized carbons (Fsp3) is 0.909. The average molecular weight is 276 g/mol. The van der Waals surface area contributed by atoms with Crippen LogP contribution in [0.5, 0.6) is 0 Å². The van der Waals surface area contributed by atoms with Gasteiger partial charge < -0.3 is 9.64 Å². The van der Waals surface area contributed by atoms with E-state index in [4.69, 9.17) is 4.74 Å². The van der Waals surface area contributed by atoms with E-state index in [9.17, 15) is 4.79 Å². The van der Waals surface area contributed by atoms with Crippen molar-refractivity contribution in [3.8, 4) is 0 Å². The third-order valence-corrected chi connectivity index (χ3v) is 4.17. The second kappa shape index (κ2) is 4.83. The maximum atomic E-state index is 11.9. The third-order valence-electron chi connectivity index (χ3n) is 3.32. The molecule has 1 aliphatic heterocycles. The first kappa shape index (κ1) is 11.4. The summed E-state index contributed by atoms with van der Waals surface area (Å²) >= 11 is 3.44. The molecule has 1 heterocycles. The molecule has 4 heteroatoms. The quantitative estimate of drug-likeness (QED) is 0.737. The van der Waals surface area contributed by atoms with Crippen LogP contribution in [0, 0.1) is 0 Å². The van der Waals surface area contributed by atoms with Crippen LogP contribution >= 0.6 is 15.9 Å². The molecule has 0 aromatic carbocycles. The molecule has 1 unspecified atom stereocenters. The highest BCUT2D eigenvalue weighted by Gasteiger charge is 2.39. The van der Waals surface area contributed by atoms with Crippen LogP contribution in [0.1, 0.15) is 32.6 Å². The van der Waals surface area contributed by atoms with Crippen LogP contribution in [0.15, 0.2) is 0 Å². The molecule has 0 radical (unpaired) electrons. The Morgan fingerprint density at radius 2 is 2.27 bits per heavy atom. The molecule has 0 bridgehead atoms. The molecule has 1 saturated heterocycles. The van der Waals surface area contributed by atoms with E-state index in [-0.39, 0.29) is 10.7 Å². The van der Waals surface area contributed by atoms with E-state index in [1.165, 1.54) is 0 Å². The summed E-state index contributed by atoms with van der Waals surface area (Å²) in [6.45, 7) is 3.74. The lowest BCUT2D eigenvalue weighted by molar-refractivity contribution is -0.141. The average Bonchev–Trinajstić information content (AvgIpc) is 2.16. The van der Waals surface area contributed by atoms with Crippen molar-refractivity contribution in [3.63, 3.8) is 0 Å². The maximum Gasteiger partial charge on any atom is 0.236 e. The number of halogens is 1. The van der Waals surface area contributed by atoms with Gasteiger partial charge in [0.2, 0.25) is 5.91 Å². The Balaban J connectivity index is 1.82. The Labute approximate surface area is 99.3 Å². The zero-order valence-corrected chi connectivity index (χ0v) is 10.7. The van der Waals surface area contributed by atoms with Crippen molar-refractivity contribution in [2.24, 2.45) is 0 Å². The van der Waals surface area contributed by atoms with E-state index in [0.717, 1.165) is 38.8 Å². The van der Waals surface area contributed by atoms with Crippen LogP contribution in [0.2, 0.25) is 0 Å². The normalized spacial score (nSPS) is 36.5. The molecule has 2 fully saturated rings. The summed E-state index contributed by atoms with van der Waals surface area (Å²) in [5.74, 6) is 0.279. The summed E-state index contributed by atoms with van der Waals surface area (Å²) in [5.41, 5.74) is 0. The summed E-state index contributed by atoms with van der Waals surface area (Å²) < 4.78 is 5.51. The van der Waals surface area contributed by atoms with Gasteiger partial charge in [-0.2, -0.15) is 0 Å². The van der Waals surface area contributed by atoms with Crippen LogP contribution in [0.3, 0.4) is 0 Å². The van der Waals surface area contributed by atoms with Crippen molar-refractivity contribution < 1.29 is 9.53 Å². The first-order chi connectivity index (χ1) is 7.22. The molecule has 0 spiro atoms. The Morgan fingerprint density at radius 3 is 2.93 bits per heavy atom. The first-order valence-corrected chi connectivity index (χ1v) is 6.70. The van der Waals surface area contributed by atoms with Crippen LogP contribution in [-0.2, 0) is 9.53 Å². The van der Waals surface area contributed by atoms with Crippen molar-refractivity contribution in [3.05, 3.63) is 0 Å². The third kappa shape index (κ3) is 2.36. The van der Waals surface area contributed by atoms with E-state index in [2.05, 4.69) is 15.9 Å². The molecule has 86 valence electrons. The van der Waals surface area contributed by atoms with Crippen LogP contribution in [0.25, 0.3) is 0 Å². The van der Waals surface area contributed by atoms with E-state index in [1.54, 1.807) is 0 Å². The number of carbonyl (C=O) groups excluding carboxylic acids is 1. The number of rotatable bonds is 3. The predicted molar refractivity (Wildman–Crippen MR) is 62.1 cm³/mol. The molecule has 1 saturated carbocycles. The van der Waals surface area contributed by atoms with Crippen molar-refractivity contribution in [1.29, 1.82) is 0 Å². The number of hydrogen-bond donors (Lipinski definition) is 0. The highest BCUT2D eigenvalue weighted by molar-refractivity contribution is 9.10. The minimum absolute atomic E-state index is 0.0531. The monoisotopic (exact) mass is 275 g/mol. The van der Waals surface area contributed by atoms with Crippen molar-refractivity contribution >= 4 is 21.8 Å². The Hall–Kier alpha value is -0.0900. The fourth-order valence-electron chi connectivity index (χ4n) is 2.38. The van der Waals surface area contributed by atoms with Crippen molar-refractivity contribution in [1.82, 2.24) is 4.90 Å². The summed E-state index contributed by atoms with van der Waals surface area (Å²) in [6, 6.07) is 0.439. The van der Waals surface area contributed by atoms with Gasteiger partial charge in [0, 0.05) is 19.2 Å². The Bertz CT molecular complexity index is 241. The zero-order valence-electron chi connectivity index (χ0n) is 9.12. The topological polar surface area (TPSA) is 29.5 Å². The Kier molecular flexibility index (Phi) is 3.67. The highest BCUT2D eigenvalue weighted by Crippen LogP contribution is 2.32. The number of amides is 1. The molecule has 2 aliphatic rings. The van der Waals surface area contributed by atoms with Crippen molar-refractivity contribution in [2.45, 2.75) is 49.6 Å². The van der Waals surface area contributed by atoms with Crippen LogP contribution in [-0.4, -0.2) is 40.9 Å². The van der Waals surface area contributed by atoms with Gasteiger partial charge in [0.05, 0.1) is 10.9 Å². The summed E-state index contributed by atoms with van der Waals surface area (Å²) in [6.07, 6.45) is 4.55. The minimum Gasteiger partial charge on any atom is -0.378 e. The van der Waals surface area contributed by atoms with Gasteiger partial charge in [-0.15, -0.1) is 0 Å². The molecular weight excluding hydrogens is 258 g/mol. The predicted octanol–water partition coefficient (Wildman–Crippen LogP) is 1.94. The number of alkyl halides is 1. The molecule has 1 atom stereocenters. The van der Waals surface area contributed by atoms with Crippen molar-refractivity contribution in [2.75, 3.05) is 13.2 Å². The first-order valence-electron chi connectivity index (χ1n) is 5.78. The lowest BCUT2D eigenvalue weighted by Gasteiger charge is -2.45. The number of piperidine rings is 1. The van der Waals surface area contributed by atoms with Crippen LogP contribution < -0.4 is 0 Å². The molecule has 0 aromatic heterocycles. The number of carbonyl (C=O) groups is 1. The summed E-state index contributed by atoms with van der Waals surface area (Å²) in [4.78, 5) is 14.0. The minimum atomic E-state index is 0.0531. The molecule has 0 aromatic rings. The second-order valence-corrected chi connectivity index (χ2v) is 5.45. The van der Waals surface area contributed by atoms with Crippen LogP contribution in [0.4, 0.5) is 0 Å². The second-order valence-electron chi connectivity index (χ2n) is 4.34. The Morgan fingerprint density at radius 1 is 1.53 bits per heavy atom. The molecule has 0 N–H and O–H groups in total. The van der Waals surface area contributed by atoms with Gasteiger partial charge in [0.1, 0.15) is 0 Å². The lowest BCUT2D eigenvalue weighted by atomic mass is 9.86. The molecule has 1 aliphatic carbocycles. The van der Waals surface area contributed by atoms with E-state index in [0.29, 0.717) is 12.1 Å². The number of hydrogen-bond acceptors (Lipinski definition) is 2. The van der Waals surface area contributed by atoms with E-state index >= 15 is 0 Å². The summed E-state index contributed by atoms with van der Waals surface area (Å²) in [5, 5.41) is 0. The lowest BCUT2D eigenvalue weighted by Crippen LogP contribution is -2.54.